The number of rotatable bonds is 8. The number of aryl methyl sites for hydroxylation is 1. The number of unbranched alkanes of at least 4 members (excludes halogenated alkanes) is 1. The highest BCUT2D eigenvalue weighted by atomic mass is 79.9. The summed E-state index contributed by atoms with van der Waals surface area (Å²) in [5.74, 6) is -0.522. The molecule has 0 spiro atoms. The summed E-state index contributed by atoms with van der Waals surface area (Å²) in [5, 5.41) is 14.1. The van der Waals surface area contributed by atoms with Crippen molar-refractivity contribution in [2.45, 2.75) is 39.2 Å². The van der Waals surface area contributed by atoms with Crippen molar-refractivity contribution in [1.82, 2.24) is 9.66 Å². The maximum atomic E-state index is 13.1. The second kappa shape index (κ2) is 10.5. The zero-order valence-electron chi connectivity index (χ0n) is 17.3. The number of aromatic nitrogens is 2. The molecule has 3 aromatic rings. The Morgan fingerprint density at radius 2 is 2.00 bits per heavy atom. The fourth-order valence-electron chi connectivity index (χ4n) is 2.93. The van der Waals surface area contributed by atoms with Gasteiger partial charge in [0.15, 0.2) is 11.9 Å². The van der Waals surface area contributed by atoms with Gasteiger partial charge < -0.3 is 9.84 Å². The van der Waals surface area contributed by atoms with Crippen LogP contribution in [0, 0.1) is 0 Å². The average molecular weight is 541 g/mol. The minimum absolute atomic E-state index is 0.0680. The summed E-state index contributed by atoms with van der Waals surface area (Å²) in [6.07, 6.45) is 2.72. The van der Waals surface area contributed by atoms with Crippen LogP contribution in [0.2, 0.25) is 10.0 Å². The summed E-state index contributed by atoms with van der Waals surface area (Å²) < 4.78 is 7.37. The fraction of sp³-hybridized carbons (Fsp3) is 0.273. The van der Waals surface area contributed by atoms with Crippen molar-refractivity contribution >= 4 is 62.2 Å². The Bertz CT molecular complexity index is 1240. The molecular formula is C22H20BrCl2N3O4. The van der Waals surface area contributed by atoms with Gasteiger partial charge in [-0.1, -0.05) is 52.5 Å². The molecule has 1 atom stereocenters. The van der Waals surface area contributed by atoms with Gasteiger partial charge in [0.1, 0.15) is 5.82 Å². The Kier molecular flexibility index (Phi) is 7.92. The Morgan fingerprint density at radius 1 is 1.31 bits per heavy atom. The van der Waals surface area contributed by atoms with Crippen LogP contribution in [0.25, 0.3) is 10.9 Å². The van der Waals surface area contributed by atoms with Gasteiger partial charge in [-0.15, -0.1) is 0 Å². The van der Waals surface area contributed by atoms with Crippen molar-refractivity contribution < 1.29 is 14.6 Å². The summed E-state index contributed by atoms with van der Waals surface area (Å²) in [4.78, 5) is 28.8. The highest BCUT2D eigenvalue weighted by Crippen LogP contribution is 2.34. The highest BCUT2D eigenvalue weighted by Gasteiger charge is 2.18. The van der Waals surface area contributed by atoms with Gasteiger partial charge in [-0.2, -0.15) is 9.78 Å². The largest absolute Gasteiger partial charge is 0.479 e. The lowest BCUT2D eigenvalue weighted by atomic mass is 10.2. The van der Waals surface area contributed by atoms with E-state index in [9.17, 15) is 9.59 Å². The van der Waals surface area contributed by atoms with Crippen LogP contribution in [0.1, 0.15) is 38.1 Å². The van der Waals surface area contributed by atoms with E-state index in [1.165, 1.54) is 29.9 Å². The number of hydrogen-bond acceptors (Lipinski definition) is 5. The molecule has 32 heavy (non-hydrogen) atoms. The van der Waals surface area contributed by atoms with Crippen molar-refractivity contribution in [2.75, 3.05) is 0 Å². The lowest BCUT2D eigenvalue weighted by molar-refractivity contribution is -0.144. The molecule has 0 saturated heterocycles. The summed E-state index contributed by atoms with van der Waals surface area (Å²) in [6, 6.07) is 8.40. The molecule has 1 heterocycles. The van der Waals surface area contributed by atoms with Gasteiger partial charge in [0.25, 0.3) is 5.56 Å². The van der Waals surface area contributed by atoms with Gasteiger partial charge in [-0.3, -0.25) is 4.79 Å². The molecule has 0 aliphatic heterocycles. The van der Waals surface area contributed by atoms with Crippen LogP contribution in [0.5, 0.6) is 5.75 Å². The molecule has 0 aliphatic rings. The minimum atomic E-state index is -1.14. The van der Waals surface area contributed by atoms with Gasteiger partial charge in [0.2, 0.25) is 0 Å². The van der Waals surface area contributed by atoms with E-state index in [0.29, 0.717) is 28.7 Å². The predicted octanol–water partition coefficient (Wildman–Crippen LogP) is 5.54. The van der Waals surface area contributed by atoms with Gasteiger partial charge in [-0.05, 0) is 49.2 Å². The van der Waals surface area contributed by atoms with Gasteiger partial charge in [0.05, 0.1) is 27.2 Å². The van der Waals surface area contributed by atoms with Crippen molar-refractivity contribution in [2.24, 2.45) is 5.10 Å². The Balaban J connectivity index is 2.03. The number of carbonyl (C=O) groups is 1. The normalized spacial score (nSPS) is 12.4. The summed E-state index contributed by atoms with van der Waals surface area (Å²) in [6.45, 7) is 3.43. The number of benzene rings is 2. The van der Waals surface area contributed by atoms with E-state index in [2.05, 4.69) is 32.9 Å². The second-order valence-electron chi connectivity index (χ2n) is 7.07. The number of hydrogen-bond donors (Lipinski definition) is 1. The van der Waals surface area contributed by atoms with E-state index in [1.807, 2.05) is 6.07 Å². The standard InChI is InChI=1S/C22H20BrCl2N3O4/c1-3-4-5-19-27-18-7-6-14(23)10-15(18)21(29)28(19)26-11-13-8-16(24)20(17(25)9-13)32-12(2)22(30)31/h6-12H,3-5H2,1-2H3,(H,30,31)/t12-/m0/s1. The number of fused-ring (bicyclic) bond motifs is 1. The molecule has 0 saturated carbocycles. The molecule has 0 amide bonds. The van der Waals surface area contributed by atoms with Crippen LogP contribution in [-0.4, -0.2) is 33.1 Å². The monoisotopic (exact) mass is 539 g/mol. The Labute approximate surface area is 202 Å². The molecule has 3 rings (SSSR count). The number of halogens is 3. The van der Waals surface area contributed by atoms with Crippen molar-refractivity contribution in [3.05, 3.63) is 66.6 Å². The summed E-state index contributed by atoms with van der Waals surface area (Å²) in [5.41, 5.74) is 0.833. The number of aliphatic carboxylic acids is 1. The van der Waals surface area contributed by atoms with Gasteiger partial charge in [-0.25, -0.2) is 9.78 Å². The molecule has 2 aromatic carbocycles. The number of nitrogens with zero attached hydrogens (tertiary/aromatic N) is 3. The van der Waals surface area contributed by atoms with Crippen LogP contribution in [0.4, 0.5) is 0 Å². The van der Waals surface area contributed by atoms with E-state index in [4.69, 9.17) is 33.0 Å². The molecule has 10 heteroatoms. The van der Waals surface area contributed by atoms with E-state index in [1.54, 1.807) is 12.1 Å². The van der Waals surface area contributed by atoms with Crippen molar-refractivity contribution in [3.8, 4) is 5.75 Å². The topological polar surface area (TPSA) is 93.8 Å². The number of ether oxygens (including phenoxy) is 1. The summed E-state index contributed by atoms with van der Waals surface area (Å²) in [7, 11) is 0. The average Bonchev–Trinajstić information content (AvgIpc) is 2.74. The zero-order chi connectivity index (χ0) is 23.4. The smallest absolute Gasteiger partial charge is 0.344 e. The van der Waals surface area contributed by atoms with Crippen LogP contribution in [0.15, 0.2) is 44.7 Å². The Hall–Kier alpha value is -2.42. The number of carboxylic acids is 1. The maximum Gasteiger partial charge on any atom is 0.344 e. The van der Waals surface area contributed by atoms with Gasteiger partial charge in [0, 0.05) is 10.9 Å². The summed E-state index contributed by atoms with van der Waals surface area (Å²) >= 11 is 15.9. The zero-order valence-corrected chi connectivity index (χ0v) is 20.4. The van der Waals surface area contributed by atoms with Crippen LogP contribution in [0.3, 0.4) is 0 Å². The third kappa shape index (κ3) is 5.49. The van der Waals surface area contributed by atoms with E-state index < -0.39 is 12.1 Å². The first-order chi connectivity index (χ1) is 15.2. The minimum Gasteiger partial charge on any atom is -0.479 e. The van der Waals surface area contributed by atoms with Crippen LogP contribution in [-0.2, 0) is 11.2 Å². The molecule has 168 valence electrons. The second-order valence-corrected chi connectivity index (χ2v) is 8.80. The van der Waals surface area contributed by atoms with Crippen molar-refractivity contribution in [1.29, 1.82) is 0 Å². The van der Waals surface area contributed by atoms with Crippen molar-refractivity contribution in [3.63, 3.8) is 0 Å². The lowest BCUT2D eigenvalue weighted by Gasteiger charge is -2.14. The molecule has 0 aliphatic carbocycles. The quantitative estimate of drug-likeness (QED) is 0.378. The molecular weight excluding hydrogens is 521 g/mol. The van der Waals surface area contributed by atoms with Crippen LogP contribution < -0.4 is 10.3 Å². The first kappa shape index (κ1) is 24.2. The molecule has 0 unspecified atom stereocenters. The third-order valence-corrected chi connectivity index (χ3v) is 5.67. The highest BCUT2D eigenvalue weighted by molar-refractivity contribution is 9.10. The third-order valence-electron chi connectivity index (χ3n) is 4.61. The molecule has 7 nitrogen and oxygen atoms in total. The number of carboxylic acid groups (broad SMARTS) is 1. The maximum absolute atomic E-state index is 13.1. The molecule has 0 fully saturated rings. The lowest BCUT2D eigenvalue weighted by Crippen LogP contribution is -2.23. The molecule has 1 aromatic heterocycles. The molecule has 1 N–H and O–H groups in total. The van der Waals surface area contributed by atoms with E-state index >= 15 is 0 Å². The first-order valence-corrected chi connectivity index (χ1v) is 11.4. The molecule has 0 radical (unpaired) electrons. The van der Waals surface area contributed by atoms with Crippen LogP contribution >= 0.6 is 39.1 Å². The van der Waals surface area contributed by atoms with E-state index in [0.717, 1.165) is 17.3 Å². The SMILES string of the molecule is CCCCc1nc2ccc(Br)cc2c(=O)n1N=Cc1cc(Cl)c(O[C@@H](C)C(=O)O)c(Cl)c1. The predicted molar refractivity (Wildman–Crippen MR) is 129 cm³/mol. The van der Waals surface area contributed by atoms with E-state index in [-0.39, 0.29) is 21.4 Å². The first-order valence-electron chi connectivity index (χ1n) is 9.85. The van der Waals surface area contributed by atoms with Gasteiger partial charge >= 0.3 is 5.97 Å². The Morgan fingerprint density at radius 3 is 2.62 bits per heavy atom. The molecule has 0 bridgehead atoms. The fourth-order valence-corrected chi connectivity index (χ4v) is 3.88.